The number of amides is 2. The van der Waals surface area contributed by atoms with Crippen LogP contribution in [0.4, 0.5) is 5.95 Å². The van der Waals surface area contributed by atoms with Crippen LogP contribution >= 0.6 is 11.3 Å². The number of nitrogens with one attached hydrogen (secondary N) is 2. The third-order valence-electron chi connectivity index (χ3n) is 8.25. The van der Waals surface area contributed by atoms with E-state index in [1.54, 1.807) is 23.7 Å². The number of imidazole rings is 1. The Morgan fingerprint density at radius 1 is 1.05 bits per heavy atom. The van der Waals surface area contributed by atoms with E-state index < -0.39 is 6.04 Å². The summed E-state index contributed by atoms with van der Waals surface area (Å²) in [6.45, 7) is 10.1. The summed E-state index contributed by atoms with van der Waals surface area (Å²) < 4.78 is 2.35. The van der Waals surface area contributed by atoms with Gasteiger partial charge in [-0.3, -0.25) is 9.59 Å². The molecule has 0 unspecified atom stereocenters. The highest BCUT2D eigenvalue weighted by molar-refractivity contribution is 7.09. The number of piperidine rings is 1. The fraction of sp³-hybridized carbons (Fsp3) is 0.485. The predicted molar refractivity (Wildman–Crippen MR) is 173 cm³/mol. The molecule has 4 heterocycles. The molecule has 1 atom stereocenters. The summed E-state index contributed by atoms with van der Waals surface area (Å²) in [6, 6.07) is 11.5. The molecule has 3 aromatic heterocycles. The minimum absolute atomic E-state index is 0.0474. The van der Waals surface area contributed by atoms with Gasteiger partial charge in [0.15, 0.2) is 0 Å². The minimum Gasteiger partial charge on any atom is -0.351 e. The van der Waals surface area contributed by atoms with Crippen LogP contribution in [0.15, 0.2) is 54.2 Å². The van der Waals surface area contributed by atoms with E-state index in [2.05, 4.69) is 75.3 Å². The van der Waals surface area contributed by atoms with E-state index in [4.69, 9.17) is 4.98 Å². The molecule has 0 radical (unpaired) electrons. The number of fused-ring (bicyclic) bond motifs is 1. The Kier molecular flexibility index (Phi) is 10.1. The normalized spacial score (nSPS) is 14.9. The summed E-state index contributed by atoms with van der Waals surface area (Å²) in [5, 5.41) is 8.34. The molecule has 43 heavy (non-hydrogen) atoms. The number of hydrogen-bond acceptors (Lipinski definition) is 7. The van der Waals surface area contributed by atoms with E-state index >= 15 is 0 Å². The summed E-state index contributed by atoms with van der Waals surface area (Å²) >= 11 is 1.73. The lowest BCUT2D eigenvalue weighted by Crippen LogP contribution is -2.52. The first kappa shape index (κ1) is 30.7. The molecule has 1 aliphatic rings. The van der Waals surface area contributed by atoms with Crippen molar-refractivity contribution in [2.75, 3.05) is 18.0 Å². The van der Waals surface area contributed by atoms with Gasteiger partial charge in [0.2, 0.25) is 11.9 Å². The molecule has 9 nitrogen and oxygen atoms in total. The van der Waals surface area contributed by atoms with Gasteiger partial charge in [-0.25, -0.2) is 15.0 Å². The molecule has 0 spiro atoms. The lowest BCUT2D eigenvalue weighted by Gasteiger charge is -2.33. The van der Waals surface area contributed by atoms with Gasteiger partial charge >= 0.3 is 0 Å². The summed E-state index contributed by atoms with van der Waals surface area (Å²) in [7, 11) is 0. The van der Waals surface area contributed by atoms with Crippen molar-refractivity contribution in [3.63, 3.8) is 0 Å². The van der Waals surface area contributed by atoms with Crippen molar-refractivity contribution in [1.29, 1.82) is 0 Å². The number of thiophene rings is 1. The standard InChI is InChI=1S/C33H43N7O2S/c1-5-25(6-2)40-29-11-10-23(20-27(29)37-30(40)21-26-9-7-18-43-26)31(41)38-28(19-22(3)4)32(42)36-24-12-16-39(17-13-24)33-34-14-8-15-35-33/h7-11,14-15,18,20,22,24-25,28H,5-6,12-13,16-17,19,21H2,1-4H3,(H,36,42)(H,38,41)/t28-/m0/s1. The van der Waals surface area contributed by atoms with E-state index in [9.17, 15) is 9.59 Å². The van der Waals surface area contributed by atoms with Gasteiger partial charge in [0.05, 0.1) is 11.0 Å². The van der Waals surface area contributed by atoms with Gasteiger partial charge < -0.3 is 20.1 Å². The number of benzene rings is 1. The van der Waals surface area contributed by atoms with Gasteiger partial charge in [0.25, 0.3) is 5.91 Å². The van der Waals surface area contributed by atoms with Crippen molar-refractivity contribution >= 4 is 40.1 Å². The van der Waals surface area contributed by atoms with Crippen molar-refractivity contribution in [1.82, 2.24) is 30.2 Å². The smallest absolute Gasteiger partial charge is 0.252 e. The summed E-state index contributed by atoms with van der Waals surface area (Å²) in [5.74, 6) is 1.60. The first-order chi connectivity index (χ1) is 20.9. The van der Waals surface area contributed by atoms with Gasteiger partial charge in [-0.05, 0) is 73.7 Å². The largest absolute Gasteiger partial charge is 0.351 e. The van der Waals surface area contributed by atoms with E-state index in [1.165, 1.54) is 4.88 Å². The highest BCUT2D eigenvalue weighted by Gasteiger charge is 2.28. The van der Waals surface area contributed by atoms with E-state index in [-0.39, 0.29) is 23.8 Å². The molecule has 1 aliphatic heterocycles. The second-order valence-corrected chi connectivity index (χ2v) is 12.8. The van der Waals surface area contributed by atoms with Gasteiger partial charge in [-0.1, -0.05) is 33.8 Å². The average Bonchev–Trinajstić information content (AvgIpc) is 3.66. The first-order valence-electron chi connectivity index (χ1n) is 15.5. The molecule has 1 aromatic carbocycles. The zero-order valence-corrected chi connectivity index (χ0v) is 26.4. The molecular formula is C33H43N7O2S. The number of anilines is 1. The Morgan fingerprint density at radius 2 is 1.79 bits per heavy atom. The van der Waals surface area contributed by atoms with Crippen LogP contribution in [0.1, 0.15) is 86.9 Å². The van der Waals surface area contributed by atoms with E-state index in [0.29, 0.717) is 18.0 Å². The zero-order valence-electron chi connectivity index (χ0n) is 25.6. The van der Waals surface area contributed by atoms with Crippen molar-refractivity contribution in [3.05, 3.63) is 70.4 Å². The summed E-state index contributed by atoms with van der Waals surface area (Å²) in [6.07, 6.45) is 8.43. The highest BCUT2D eigenvalue weighted by atomic mass is 32.1. The van der Waals surface area contributed by atoms with Crippen LogP contribution in [0.25, 0.3) is 11.0 Å². The minimum atomic E-state index is -0.616. The molecule has 2 amide bonds. The molecule has 1 saturated heterocycles. The maximum Gasteiger partial charge on any atom is 0.252 e. The van der Waals surface area contributed by atoms with Crippen LogP contribution in [-0.2, 0) is 11.2 Å². The molecule has 0 bridgehead atoms. The lowest BCUT2D eigenvalue weighted by molar-refractivity contribution is -0.124. The SMILES string of the molecule is CCC(CC)n1c(Cc2cccs2)nc2cc(C(=O)N[C@@H](CC(C)C)C(=O)NC3CCN(c4ncccn4)CC3)ccc21. The quantitative estimate of drug-likeness (QED) is 0.214. The fourth-order valence-corrected chi connectivity index (χ4v) is 6.67. The Bertz CT molecular complexity index is 1490. The number of carbonyl (C=O) groups excluding carboxylic acids is 2. The van der Waals surface area contributed by atoms with Crippen LogP contribution < -0.4 is 15.5 Å². The third kappa shape index (κ3) is 7.41. The zero-order chi connectivity index (χ0) is 30.3. The number of nitrogens with zero attached hydrogens (tertiary/aromatic N) is 5. The van der Waals surface area contributed by atoms with Crippen molar-refractivity contribution < 1.29 is 9.59 Å². The van der Waals surface area contributed by atoms with Gasteiger partial charge in [0, 0.05) is 54.4 Å². The van der Waals surface area contributed by atoms with Crippen LogP contribution in [0.3, 0.4) is 0 Å². The van der Waals surface area contributed by atoms with E-state index in [0.717, 1.165) is 68.0 Å². The van der Waals surface area contributed by atoms with E-state index in [1.807, 2.05) is 24.3 Å². The summed E-state index contributed by atoms with van der Waals surface area (Å²) in [4.78, 5) is 44.1. The molecule has 4 aromatic rings. The van der Waals surface area contributed by atoms with Gasteiger partial charge in [0.1, 0.15) is 11.9 Å². The molecular weight excluding hydrogens is 558 g/mol. The van der Waals surface area contributed by atoms with Gasteiger partial charge in [-0.15, -0.1) is 11.3 Å². The van der Waals surface area contributed by atoms with Crippen LogP contribution in [0.2, 0.25) is 0 Å². The molecule has 0 aliphatic carbocycles. The third-order valence-corrected chi connectivity index (χ3v) is 9.13. The second-order valence-electron chi connectivity index (χ2n) is 11.8. The Balaban J connectivity index is 1.29. The number of carbonyl (C=O) groups is 2. The van der Waals surface area contributed by atoms with Crippen LogP contribution in [-0.4, -0.2) is 56.5 Å². The fourth-order valence-electron chi connectivity index (χ4n) is 5.97. The maximum absolute atomic E-state index is 13.5. The van der Waals surface area contributed by atoms with Crippen LogP contribution in [0.5, 0.6) is 0 Å². The molecule has 0 saturated carbocycles. The maximum atomic E-state index is 13.5. The van der Waals surface area contributed by atoms with Crippen LogP contribution in [0, 0.1) is 5.92 Å². The topological polar surface area (TPSA) is 105 Å². The van der Waals surface area contributed by atoms with Gasteiger partial charge in [-0.2, -0.15) is 0 Å². The summed E-state index contributed by atoms with van der Waals surface area (Å²) in [5.41, 5.74) is 2.37. The molecule has 5 rings (SSSR count). The van der Waals surface area contributed by atoms with Crippen molar-refractivity contribution in [2.45, 2.75) is 84.3 Å². The lowest BCUT2D eigenvalue weighted by atomic mass is 10.0. The highest BCUT2D eigenvalue weighted by Crippen LogP contribution is 2.28. The molecule has 1 fully saturated rings. The Hall–Kier alpha value is -3.79. The monoisotopic (exact) mass is 601 g/mol. The Morgan fingerprint density at radius 3 is 2.44 bits per heavy atom. The number of aromatic nitrogens is 4. The predicted octanol–water partition coefficient (Wildman–Crippen LogP) is 5.77. The number of hydrogen-bond donors (Lipinski definition) is 2. The van der Waals surface area contributed by atoms with Crippen molar-refractivity contribution in [2.24, 2.45) is 5.92 Å². The number of rotatable bonds is 12. The molecule has 2 N–H and O–H groups in total. The van der Waals surface area contributed by atoms with Crippen molar-refractivity contribution in [3.8, 4) is 0 Å². The Labute approximate surface area is 258 Å². The second kappa shape index (κ2) is 14.1. The first-order valence-corrected chi connectivity index (χ1v) is 16.4. The molecule has 10 heteroatoms. The average molecular weight is 602 g/mol. The molecule has 228 valence electrons.